The quantitative estimate of drug-likeness (QED) is 0.403. The molecule has 0 radical (unpaired) electrons. The molecule has 2 aliphatic rings. The normalized spacial score (nSPS) is 22.4. The fourth-order valence-corrected chi connectivity index (χ4v) is 5.84. The molecule has 4 aromatic rings. The summed E-state index contributed by atoms with van der Waals surface area (Å²) in [7, 11) is 0. The Balaban J connectivity index is 1.19. The smallest absolute Gasteiger partial charge is 0.410 e. The molecule has 2 heterocycles. The van der Waals surface area contributed by atoms with Crippen LogP contribution in [0.25, 0.3) is 21.8 Å². The molecule has 2 fully saturated rings. The van der Waals surface area contributed by atoms with E-state index in [-0.39, 0.29) is 6.09 Å². The standard InChI is InChI=1S/C28H26N4O2/c29-15-20-10-11-25-26(13-20)32(19-30-25)16-21-5-4-12-28(14-21)18-31(27(33)34-28)17-23-8-3-7-22-6-1-2-9-24(22)23/h1-3,6-11,13,19,21H,4-5,12,14,16-18H2/t21-,28-/m0/s1. The number of hydrogen-bond donors (Lipinski definition) is 0. The maximum absolute atomic E-state index is 12.9. The molecule has 2 atom stereocenters. The molecule has 1 aromatic heterocycles. The van der Waals surface area contributed by atoms with E-state index >= 15 is 0 Å². The zero-order chi connectivity index (χ0) is 23.1. The number of amides is 1. The van der Waals surface area contributed by atoms with Gasteiger partial charge in [0, 0.05) is 13.1 Å². The Morgan fingerprint density at radius 1 is 1.15 bits per heavy atom. The van der Waals surface area contributed by atoms with Gasteiger partial charge in [0.15, 0.2) is 0 Å². The third kappa shape index (κ3) is 3.67. The first-order valence-corrected chi connectivity index (χ1v) is 11.9. The minimum absolute atomic E-state index is 0.208. The van der Waals surface area contributed by atoms with Crippen molar-refractivity contribution in [3.8, 4) is 6.07 Å². The Bertz CT molecular complexity index is 1430. The van der Waals surface area contributed by atoms with Crippen molar-refractivity contribution in [1.82, 2.24) is 14.5 Å². The van der Waals surface area contributed by atoms with Crippen molar-refractivity contribution in [3.05, 3.63) is 78.1 Å². The Morgan fingerprint density at radius 3 is 2.94 bits per heavy atom. The number of carbonyl (C=O) groups excluding carboxylic acids is 1. The summed E-state index contributed by atoms with van der Waals surface area (Å²) in [5.41, 5.74) is 3.26. The van der Waals surface area contributed by atoms with Crippen LogP contribution in [0.2, 0.25) is 0 Å². The van der Waals surface area contributed by atoms with Gasteiger partial charge in [-0.2, -0.15) is 5.26 Å². The summed E-state index contributed by atoms with van der Waals surface area (Å²) in [6.45, 7) is 2.01. The molecule has 170 valence electrons. The average molecular weight is 451 g/mol. The summed E-state index contributed by atoms with van der Waals surface area (Å²) in [5, 5.41) is 11.6. The SMILES string of the molecule is N#Cc1ccc2ncn(C[C@H]3CCC[C@]4(C3)CN(Cc3cccc5ccccc35)C(=O)O4)c2c1. The zero-order valence-electron chi connectivity index (χ0n) is 19.0. The van der Waals surface area contributed by atoms with E-state index in [2.05, 4.69) is 46.0 Å². The molecule has 34 heavy (non-hydrogen) atoms. The molecule has 1 amide bonds. The molecule has 0 unspecified atom stereocenters. The van der Waals surface area contributed by atoms with E-state index in [9.17, 15) is 10.1 Å². The second kappa shape index (κ2) is 8.18. The van der Waals surface area contributed by atoms with Crippen LogP contribution in [0.3, 0.4) is 0 Å². The van der Waals surface area contributed by atoms with Gasteiger partial charge in [-0.15, -0.1) is 0 Å². The summed E-state index contributed by atoms with van der Waals surface area (Å²) in [6.07, 6.45) is 5.55. The summed E-state index contributed by atoms with van der Waals surface area (Å²) in [4.78, 5) is 19.3. The highest BCUT2D eigenvalue weighted by Crippen LogP contribution is 2.41. The van der Waals surface area contributed by atoms with Crippen LogP contribution >= 0.6 is 0 Å². The lowest BCUT2D eigenvalue weighted by Gasteiger charge is -2.36. The van der Waals surface area contributed by atoms with Crippen LogP contribution in [-0.4, -0.2) is 32.7 Å². The lowest BCUT2D eigenvalue weighted by molar-refractivity contribution is 0.00415. The minimum atomic E-state index is -0.418. The van der Waals surface area contributed by atoms with E-state index in [4.69, 9.17) is 4.74 Å². The highest BCUT2D eigenvalue weighted by atomic mass is 16.6. The first kappa shape index (κ1) is 20.7. The summed E-state index contributed by atoms with van der Waals surface area (Å²) in [6, 6.07) is 22.4. The fraction of sp³-hybridized carbons (Fsp3) is 0.321. The number of carbonyl (C=O) groups is 1. The van der Waals surface area contributed by atoms with Gasteiger partial charge in [-0.05, 0) is 66.1 Å². The third-order valence-electron chi connectivity index (χ3n) is 7.39. The molecular weight excluding hydrogens is 424 g/mol. The van der Waals surface area contributed by atoms with Crippen molar-refractivity contribution in [3.63, 3.8) is 0 Å². The molecule has 6 heteroatoms. The number of nitrogens with zero attached hydrogens (tertiary/aromatic N) is 4. The van der Waals surface area contributed by atoms with E-state index in [0.29, 0.717) is 24.6 Å². The molecule has 6 nitrogen and oxygen atoms in total. The van der Waals surface area contributed by atoms with Gasteiger partial charge in [0.1, 0.15) is 5.60 Å². The second-order valence-corrected chi connectivity index (χ2v) is 9.72. The Kier molecular flexibility index (Phi) is 4.99. The number of nitriles is 1. The van der Waals surface area contributed by atoms with Crippen LogP contribution in [0.1, 0.15) is 36.8 Å². The number of aromatic nitrogens is 2. The van der Waals surface area contributed by atoms with Crippen LogP contribution in [-0.2, 0) is 17.8 Å². The first-order chi connectivity index (χ1) is 16.6. The van der Waals surface area contributed by atoms with Gasteiger partial charge < -0.3 is 9.30 Å². The summed E-state index contributed by atoms with van der Waals surface area (Å²) >= 11 is 0. The van der Waals surface area contributed by atoms with Crippen LogP contribution in [0.15, 0.2) is 67.0 Å². The first-order valence-electron chi connectivity index (χ1n) is 11.9. The fourth-order valence-electron chi connectivity index (χ4n) is 5.84. The molecule has 6 rings (SSSR count). The number of hydrogen-bond acceptors (Lipinski definition) is 4. The lowest BCUT2D eigenvalue weighted by atomic mass is 9.78. The van der Waals surface area contributed by atoms with Crippen molar-refractivity contribution in [2.45, 2.75) is 44.4 Å². The number of benzene rings is 3. The lowest BCUT2D eigenvalue weighted by Crippen LogP contribution is -2.40. The molecular formula is C28H26N4O2. The molecule has 1 spiro atoms. The Labute approximate surface area is 198 Å². The second-order valence-electron chi connectivity index (χ2n) is 9.72. The highest BCUT2D eigenvalue weighted by Gasteiger charge is 2.47. The van der Waals surface area contributed by atoms with E-state index in [1.807, 2.05) is 35.5 Å². The van der Waals surface area contributed by atoms with Crippen molar-refractivity contribution >= 4 is 27.9 Å². The van der Waals surface area contributed by atoms with Crippen molar-refractivity contribution in [1.29, 1.82) is 5.26 Å². The molecule has 1 aliphatic carbocycles. The monoisotopic (exact) mass is 450 g/mol. The predicted molar refractivity (Wildman–Crippen MR) is 130 cm³/mol. The van der Waals surface area contributed by atoms with Crippen LogP contribution < -0.4 is 0 Å². The highest BCUT2D eigenvalue weighted by molar-refractivity contribution is 5.86. The molecule has 1 aliphatic heterocycles. The largest absolute Gasteiger partial charge is 0.441 e. The third-order valence-corrected chi connectivity index (χ3v) is 7.39. The number of fused-ring (bicyclic) bond motifs is 2. The van der Waals surface area contributed by atoms with Gasteiger partial charge in [0.25, 0.3) is 0 Å². The van der Waals surface area contributed by atoms with Gasteiger partial charge in [-0.3, -0.25) is 4.90 Å². The molecule has 0 bridgehead atoms. The Hall–Kier alpha value is -3.85. The number of rotatable bonds is 4. The number of ether oxygens (including phenoxy) is 1. The Morgan fingerprint density at radius 2 is 2.03 bits per heavy atom. The predicted octanol–water partition coefficient (Wildman–Crippen LogP) is 5.64. The van der Waals surface area contributed by atoms with Gasteiger partial charge in [0.05, 0.1) is 35.5 Å². The van der Waals surface area contributed by atoms with Gasteiger partial charge in [-0.25, -0.2) is 9.78 Å². The molecule has 3 aromatic carbocycles. The summed E-state index contributed by atoms with van der Waals surface area (Å²) in [5.74, 6) is 0.391. The van der Waals surface area contributed by atoms with E-state index in [1.54, 1.807) is 6.07 Å². The molecule has 0 N–H and O–H groups in total. The van der Waals surface area contributed by atoms with E-state index in [1.165, 1.54) is 10.8 Å². The van der Waals surface area contributed by atoms with Crippen molar-refractivity contribution in [2.75, 3.05) is 6.54 Å². The van der Waals surface area contributed by atoms with Crippen molar-refractivity contribution in [2.24, 2.45) is 5.92 Å². The number of imidazole rings is 1. The van der Waals surface area contributed by atoms with E-state index in [0.717, 1.165) is 48.8 Å². The maximum atomic E-state index is 12.9. The molecule has 1 saturated heterocycles. The van der Waals surface area contributed by atoms with Crippen LogP contribution in [0.4, 0.5) is 4.79 Å². The zero-order valence-corrected chi connectivity index (χ0v) is 19.0. The topological polar surface area (TPSA) is 71.2 Å². The van der Waals surface area contributed by atoms with Crippen LogP contribution in [0.5, 0.6) is 0 Å². The van der Waals surface area contributed by atoms with Gasteiger partial charge in [0.2, 0.25) is 0 Å². The maximum Gasteiger partial charge on any atom is 0.410 e. The average Bonchev–Trinajstić information content (AvgIpc) is 3.38. The minimum Gasteiger partial charge on any atom is -0.441 e. The van der Waals surface area contributed by atoms with Gasteiger partial charge >= 0.3 is 6.09 Å². The van der Waals surface area contributed by atoms with Gasteiger partial charge in [-0.1, -0.05) is 42.5 Å². The van der Waals surface area contributed by atoms with Crippen molar-refractivity contribution < 1.29 is 9.53 Å². The summed E-state index contributed by atoms with van der Waals surface area (Å²) < 4.78 is 8.22. The van der Waals surface area contributed by atoms with Crippen LogP contribution in [0, 0.1) is 17.2 Å². The van der Waals surface area contributed by atoms with E-state index < -0.39 is 5.60 Å². The molecule has 1 saturated carbocycles.